The van der Waals surface area contributed by atoms with Crippen LogP contribution in [0.25, 0.3) is 6.08 Å². The molecule has 0 N–H and O–H groups in total. The molecule has 4 heteroatoms. The first-order valence-electron chi connectivity index (χ1n) is 3.34. The summed E-state index contributed by atoms with van der Waals surface area (Å²) in [4.78, 5) is 9.80. The first kappa shape index (κ1) is 10.1. The van der Waals surface area contributed by atoms with Crippen molar-refractivity contribution < 1.29 is 13.6 Å². The topological polar surface area (TPSA) is 17.1 Å². The average molecular weight is 246 g/mol. The molecule has 0 spiro atoms. The third kappa shape index (κ3) is 2.45. The van der Waals surface area contributed by atoms with E-state index >= 15 is 0 Å². The molecule has 0 heterocycles. The maximum Gasteiger partial charge on any atom is 0.225 e. The molecule has 0 atom stereocenters. The molecule has 1 radical (unpaired) electrons. The Balaban J connectivity index is 3.20. The summed E-state index contributed by atoms with van der Waals surface area (Å²) in [7, 11) is 0. The molecule has 1 aromatic carbocycles. The molecule has 0 aliphatic carbocycles. The van der Waals surface area contributed by atoms with Crippen molar-refractivity contribution in [2.75, 3.05) is 0 Å². The molecule has 0 unspecified atom stereocenters. The van der Waals surface area contributed by atoms with Crippen LogP contribution < -0.4 is 0 Å². The Morgan fingerprint density at radius 3 is 2.31 bits per heavy atom. The van der Waals surface area contributed by atoms with E-state index in [1.54, 1.807) is 0 Å². The smallest absolute Gasteiger partial charge is 0.225 e. The fourth-order valence-electron chi connectivity index (χ4n) is 0.830. The maximum absolute atomic E-state index is 13.0. The number of hydrogen-bond acceptors (Lipinski definition) is 1. The van der Waals surface area contributed by atoms with Gasteiger partial charge in [-0.3, -0.25) is 4.79 Å². The van der Waals surface area contributed by atoms with Crippen molar-refractivity contribution in [1.29, 1.82) is 0 Å². The molecule has 0 aromatic heterocycles. The zero-order valence-corrected chi connectivity index (χ0v) is 7.94. The number of rotatable bonds is 2. The lowest BCUT2D eigenvalue weighted by atomic mass is 10.2. The second-order valence-corrected chi connectivity index (χ2v) is 3.15. The zero-order valence-electron chi connectivity index (χ0n) is 6.35. The van der Waals surface area contributed by atoms with Gasteiger partial charge in [-0.05, 0) is 24.3 Å². The molecule has 0 aliphatic heterocycles. The van der Waals surface area contributed by atoms with E-state index in [9.17, 15) is 13.6 Å². The van der Waals surface area contributed by atoms with Crippen molar-refractivity contribution in [1.82, 2.24) is 0 Å². The zero-order chi connectivity index (χ0) is 9.84. The van der Waals surface area contributed by atoms with Gasteiger partial charge in [-0.1, -0.05) is 15.9 Å². The van der Waals surface area contributed by atoms with Gasteiger partial charge in [-0.2, -0.15) is 0 Å². The summed E-state index contributed by atoms with van der Waals surface area (Å²) in [6.45, 7) is 0. The van der Waals surface area contributed by atoms with E-state index in [1.807, 2.05) is 0 Å². The van der Waals surface area contributed by atoms with Crippen molar-refractivity contribution in [3.05, 3.63) is 39.9 Å². The molecule has 1 rings (SSSR count). The van der Waals surface area contributed by atoms with Crippen LogP contribution in [0, 0.1) is 11.6 Å². The number of benzene rings is 1. The highest BCUT2D eigenvalue weighted by Gasteiger charge is 2.06. The minimum atomic E-state index is -0.724. The molecule has 13 heavy (non-hydrogen) atoms. The second kappa shape index (κ2) is 4.28. The van der Waals surface area contributed by atoms with Gasteiger partial charge in [-0.15, -0.1) is 0 Å². The average Bonchev–Trinajstić information content (AvgIpc) is 2.02. The van der Waals surface area contributed by atoms with Gasteiger partial charge >= 0.3 is 0 Å². The third-order valence-electron chi connectivity index (χ3n) is 1.36. The first-order chi connectivity index (χ1) is 6.15. The highest BCUT2D eigenvalue weighted by Crippen LogP contribution is 2.20. The van der Waals surface area contributed by atoms with Gasteiger partial charge in [0, 0.05) is 10.0 Å². The molecule has 0 amide bonds. The predicted molar refractivity (Wildman–Crippen MR) is 48.8 cm³/mol. The van der Waals surface area contributed by atoms with Gasteiger partial charge in [-0.25, -0.2) is 8.78 Å². The third-order valence-corrected chi connectivity index (χ3v) is 1.82. The van der Waals surface area contributed by atoms with Gasteiger partial charge in [0.2, 0.25) is 6.29 Å². The number of hydrogen-bond donors (Lipinski definition) is 0. The number of allylic oxidation sites excluding steroid dienone is 1. The lowest BCUT2D eigenvalue weighted by Crippen LogP contribution is -1.88. The minimum absolute atomic E-state index is 0.244. The molecule has 0 aliphatic rings. The molecule has 1 nitrogen and oxygen atoms in total. The normalized spacial score (nSPS) is 10.7. The fraction of sp³-hybridized carbons (Fsp3) is 0. The van der Waals surface area contributed by atoms with Crippen molar-refractivity contribution in [2.45, 2.75) is 0 Å². The van der Waals surface area contributed by atoms with Crippen molar-refractivity contribution in [3.8, 4) is 0 Å². The summed E-state index contributed by atoms with van der Waals surface area (Å²) >= 11 is 2.93. The Morgan fingerprint density at radius 1 is 1.31 bits per heavy atom. The molecule has 0 saturated carbocycles. The van der Waals surface area contributed by atoms with E-state index in [4.69, 9.17) is 0 Å². The highest BCUT2D eigenvalue weighted by molar-refractivity contribution is 9.10. The highest BCUT2D eigenvalue weighted by atomic mass is 79.9. The molecular weight excluding hydrogens is 242 g/mol. The molecule has 0 fully saturated rings. The van der Waals surface area contributed by atoms with Crippen molar-refractivity contribution >= 4 is 28.3 Å². The van der Waals surface area contributed by atoms with E-state index in [1.165, 1.54) is 6.29 Å². The van der Waals surface area contributed by atoms with Gasteiger partial charge in [0.05, 0.1) is 0 Å². The Hall–Kier alpha value is -1.03. The fourth-order valence-corrected chi connectivity index (χ4v) is 1.23. The standard InChI is InChI=1S/C9H4BrF2O/c10-6-4-8(11)7(2-1-3-13)9(12)5-6/h1-2,4-5H/b2-1+. The van der Waals surface area contributed by atoms with Crippen molar-refractivity contribution in [3.63, 3.8) is 0 Å². The molecule has 1 aromatic rings. The monoisotopic (exact) mass is 245 g/mol. The summed E-state index contributed by atoms with van der Waals surface area (Å²) < 4.78 is 26.3. The molecule has 67 valence electrons. The van der Waals surface area contributed by atoms with E-state index in [0.717, 1.165) is 24.3 Å². The van der Waals surface area contributed by atoms with Crippen LogP contribution in [0.1, 0.15) is 5.56 Å². The summed E-state index contributed by atoms with van der Waals surface area (Å²) in [5, 5.41) is 0. The Morgan fingerprint density at radius 2 is 1.85 bits per heavy atom. The van der Waals surface area contributed by atoms with Crippen LogP contribution in [-0.2, 0) is 4.79 Å². The quantitative estimate of drug-likeness (QED) is 0.733. The minimum Gasteiger partial charge on any atom is -0.286 e. The van der Waals surface area contributed by atoms with Crippen LogP contribution in [0.5, 0.6) is 0 Å². The molecule has 0 bridgehead atoms. The summed E-state index contributed by atoms with van der Waals surface area (Å²) in [5.74, 6) is -1.45. The SMILES string of the molecule is O=[C]/C=C/c1c(F)cc(Br)cc1F. The van der Waals surface area contributed by atoms with Crippen LogP contribution in [0.3, 0.4) is 0 Å². The van der Waals surface area contributed by atoms with Crippen LogP contribution in [0.4, 0.5) is 8.78 Å². The van der Waals surface area contributed by atoms with Gasteiger partial charge in [0.15, 0.2) is 0 Å². The van der Waals surface area contributed by atoms with Gasteiger partial charge in [0.25, 0.3) is 0 Å². The molecular formula is C9H4BrF2O. The maximum atomic E-state index is 13.0. The van der Waals surface area contributed by atoms with Gasteiger partial charge < -0.3 is 0 Å². The summed E-state index contributed by atoms with van der Waals surface area (Å²) in [6.07, 6.45) is 3.35. The van der Waals surface area contributed by atoms with E-state index in [2.05, 4.69) is 15.9 Å². The van der Waals surface area contributed by atoms with Crippen molar-refractivity contribution in [2.24, 2.45) is 0 Å². The molecule has 0 saturated heterocycles. The largest absolute Gasteiger partial charge is 0.286 e. The van der Waals surface area contributed by atoms with Crippen LogP contribution >= 0.6 is 15.9 Å². The Kier molecular flexibility index (Phi) is 3.31. The lowest BCUT2D eigenvalue weighted by molar-refractivity contribution is 0.564. The second-order valence-electron chi connectivity index (χ2n) is 2.23. The van der Waals surface area contributed by atoms with E-state index in [-0.39, 0.29) is 5.56 Å². The Labute approximate surface area is 82.2 Å². The lowest BCUT2D eigenvalue weighted by Gasteiger charge is -1.99. The first-order valence-corrected chi connectivity index (χ1v) is 4.13. The van der Waals surface area contributed by atoms with Gasteiger partial charge in [0.1, 0.15) is 11.6 Å². The number of halogens is 3. The summed E-state index contributed by atoms with van der Waals surface area (Å²) in [5.41, 5.74) is -0.244. The predicted octanol–water partition coefficient (Wildman–Crippen LogP) is 2.85. The van der Waals surface area contributed by atoms with E-state index < -0.39 is 11.6 Å². The van der Waals surface area contributed by atoms with Crippen LogP contribution in [0.15, 0.2) is 22.7 Å². The van der Waals surface area contributed by atoms with E-state index in [0.29, 0.717) is 4.47 Å². The van der Waals surface area contributed by atoms with Crippen LogP contribution in [-0.4, -0.2) is 6.29 Å². The summed E-state index contributed by atoms with van der Waals surface area (Å²) in [6, 6.07) is 2.24. The Bertz CT molecular complexity index is 338. The van der Waals surface area contributed by atoms with Crippen LogP contribution in [0.2, 0.25) is 0 Å². The number of carbonyl (C=O) groups excluding carboxylic acids is 1.